The zero-order chi connectivity index (χ0) is 16.2. The van der Waals surface area contributed by atoms with Crippen molar-refractivity contribution in [1.29, 1.82) is 0 Å². The van der Waals surface area contributed by atoms with E-state index >= 15 is 0 Å². The fraction of sp³-hybridized carbons (Fsp3) is 0.471. The SMILES string of the molecule is Cc1ncc(C(=O)N2CCCC[C@@H]2CCc2cccs2)c(=O)[nH]1. The highest BCUT2D eigenvalue weighted by atomic mass is 32.1. The molecule has 2 aromatic rings. The highest BCUT2D eigenvalue weighted by molar-refractivity contribution is 7.09. The number of likely N-dealkylation sites (tertiary alicyclic amines) is 1. The maximum absolute atomic E-state index is 12.8. The van der Waals surface area contributed by atoms with Gasteiger partial charge in [-0.2, -0.15) is 0 Å². The summed E-state index contributed by atoms with van der Waals surface area (Å²) in [5.41, 5.74) is -0.191. The molecule has 1 amide bonds. The lowest BCUT2D eigenvalue weighted by Gasteiger charge is -2.35. The molecule has 6 heteroatoms. The molecule has 5 nitrogen and oxygen atoms in total. The van der Waals surface area contributed by atoms with Gasteiger partial charge in [0.05, 0.1) is 0 Å². The normalized spacial score (nSPS) is 18.1. The summed E-state index contributed by atoms with van der Waals surface area (Å²) in [5, 5.41) is 2.08. The average Bonchev–Trinajstić information content (AvgIpc) is 3.06. The molecular formula is C17H21N3O2S. The van der Waals surface area contributed by atoms with Crippen LogP contribution < -0.4 is 5.56 Å². The Bertz CT molecular complexity index is 724. The molecule has 0 bridgehead atoms. The first-order chi connectivity index (χ1) is 11.1. The molecule has 23 heavy (non-hydrogen) atoms. The van der Waals surface area contributed by atoms with Crippen LogP contribution in [0.4, 0.5) is 0 Å². The Labute approximate surface area is 139 Å². The molecule has 122 valence electrons. The van der Waals surface area contributed by atoms with Crippen LogP contribution in [0.1, 0.15) is 46.7 Å². The van der Waals surface area contributed by atoms with Gasteiger partial charge in [-0.05, 0) is 50.5 Å². The molecule has 0 aromatic carbocycles. The van der Waals surface area contributed by atoms with E-state index in [1.54, 1.807) is 18.3 Å². The van der Waals surface area contributed by atoms with E-state index in [1.165, 1.54) is 11.1 Å². The summed E-state index contributed by atoms with van der Waals surface area (Å²) >= 11 is 1.75. The predicted octanol–water partition coefficient (Wildman–Crippen LogP) is 2.77. The molecule has 3 heterocycles. The fourth-order valence-electron chi connectivity index (χ4n) is 3.12. The van der Waals surface area contributed by atoms with Crippen LogP contribution in [0.3, 0.4) is 0 Å². The van der Waals surface area contributed by atoms with E-state index in [2.05, 4.69) is 27.5 Å². The second-order valence-electron chi connectivity index (χ2n) is 5.98. The van der Waals surface area contributed by atoms with Crippen LogP contribution in [0.15, 0.2) is 28.5 Å². The fourth-order valence-corrected chi connectivity index (χ4v) is 3.85. The van der Waals surface area contributed by atoms with Gasteiger partial charge in [0.2, 0.25) is 0 Å². The number of hydrogen-bond donors (Lipinski definition) is 1. The van der Waals surface area contributed by atoms with Crippen LogP contribution in [-0.2, 0) is 6.42 Å². The number of nitrogens with zero attached hydrogens (tertiary/aromatic N) is 2. The van der Waals surface area contributed by atoms with Gasteiger partial charge >= 0.3 is 0 Å². The minimum Gasteiger partial charge on any atom is -0.335 e. The lowest BCUT2D eigenvalue weighted by molar-refractivity contribution is 0.0600. The number of hydrogen-bond acceptors (Lipinski definition) is 4. The Hall–Kier alpha value is -1.95. The molecule has 0 unspecified atom stereocenters. The van der Waals surface area contributed by atoms with Crippen LogP contribution in [0, 0.1) is 6.92 Å². The van der Waals surface area contributed by atoms with E-state index in [1.807, 2.05) is 4.90 Å². The third-order valence-electron chi connectivity index (χ3n) is 4.35. The Morgan fingerprint density at radius 2 is 2.35 bits per heavy atom. The number of aromatic nitrogens is 2. The number of nitrogens with one attached hydrogen (secondary N) is 1. The lowest BCUT2D eigenvalue weighted by atomic mass is 9.97. The summed E-state index contributed by atoms with van der Waals surface area (Å²) in [6, 6.07) is 4.40. The molecule has 1 N–H and O–H groups in total. The van der Waals surface area contributed by atoms with Crippen LogP contribution in [-0.4, -0.2) is 33.4 Å². The maximum Gasteiger partial charge on any atom is 0.263 e. The summed E-state index contributed by atoms with van der Waals surface area (Å²) in [4.78, 5) is 34.7. The maximum atomic E-state index is 12.8. The summed E-state index contributed by atoms with van der Waals surface area (Å²) < 4.78 is 0. The molecular weight excluding hydrogens is 310 g/mol. The van der Waals surface area contributed by atoms with Gasteiger partial charge in [0.1, 0.15) is 11.4 Å². The van der Waals surface area contributed by atoms with Gasteiger partial charge in [-0.1, -0.05) is 6.07 Å². The molecule has 0 spiro atoms. The van der Waals surface area contributed by atoms with Crippen molar-refractivity contribution in [1.82, 2.24) is 14.9 Å². The molecule has 0 radical (unpaired) electrons. The molecule has 1 atom stereocenters. The van der Waals surface area contributed by atoms with E-state index < -0.39 is 0 Å². The number of aryl methyl sites for hydroxylation is 2. The molecule has 1 saturated heterocycles. The zero-order valence-corrected chi connectivity index (χ0v) is 14.1. The van der Waals surface area contributed by atoms with Crippen molar-refractivity contribution >= 4 is 17.2 Å². The Kier molecular flexibility index (Phi) is 4.91. The van der Waals surface area contributed by atoms with Gasteiger partial charge in [-0.25, -0.2) is 4.98 Å². The van der Waals surface area contributed by atoms with Gasteiger partial charge < -0.3 is 9.88 Å². The number of amides is 1. The molecule has 0 aliphatic carbocycles. The molecule has 1 aliphatic rings. The van der Waals surface area contributed by atoms with E-state index in [9.17, 15) is 9.59 Å². The number of piperidine rings is 1. The monoisotopic (exact) mass is 331 g/mol. The van der Waals surface area contributed by atoms with E-state index in [0.29, 0.717) is 5.82 Å². The van der Waals surface area contributed by atoms with Gasteiger partial charge in [0.15, 0.2) is 0 Å². The third-order valence-corrected chi connectivity index (χ3v) is 5.28. The average molecular weight is 331 g/mol. The third kappa shape index (κ3) is 3.69. The minimum atomic E-state index is -0.343. The van der Waals surface area contributed by atoms with E-state index in [4.69, 9.17) is 0 Å². The number of thiophene rings is 1. The standard InChI is InChI=1S/C17H21N3O2S/c1-12-18-11-15(16(21)19-12)17(22)20-9-3-2-5-13(20)7-8-14-6-4-10-23-14/h4,6,10-11,13H,2-3,5,7-9H2,1H3,(H,18,19,21)/t13-/m1/s1. The number of carbonyl (C=O) groups is 1. The molecule has 3 rings (SSSR count). The van der Waals surface area contributed by atoms with Gasteiger partial charge in [-0.15, -0.1) is 11.3 Å². The predicted molar refractivity (Wildman–Crippen MR) is 90.9 cm³/mol. The highest BCUT2D eigenvalue weighted by Crippen LogP contribution is 2.23. The molecule has 2 aromatic heterocycles. The Morgan fingerprint density at radius 3 is 3.09 bits per heavy atom. The molecule has 1 aliphatic heterocycles. The Balaban J connectivity index is 1.74. The van der Waals surface area contributed by atoms with Crippen molar-refractivity contribution in [2.45, 2.75) is 45.1 Å². The van der Waals surface area contributed by atoms with Gasteiger partial charge in [0, 0.05) is 23.7 Å². The number of H-pyrrole nitrogens is 1. The molecule has 0 saturated carbocycles. The second kappa shape index (κ2) is 7.08. The van der Waals surface area contributed by atoms with Crippen molar-refractivity contribution in [3.05, 3.63) is 50.3 Å². The summed E-state index contributed by atoms with van der Waals surface area (Å²) in [6.45, 7) is 2.43. The van der Waals surface area contributed by atoms with Gasteiger partial charge in [-0.3, -0.25) is 9.59 Å². The minimum absolute atomic E-state index is 0.152. The van der Waals surface area contributed by atoms with E-state index in [-0.39, 0.29) is 23.1 Å². The summed E-state index contributed by atoms with van der Waals surface area (Å²) in [7, 11) is 0. The quantitative estimate of drug-likeness (QED) is 0.937. The lowest BCUT2D eigenvalue weighted by Crippen LogP contribution is -2.45. The largest absolute Gasteiger partial charge is 0.335 e. The first-order valence-electron chi connectivity index (χ1n) is 8.04. The van der Waals surface area contributed by atoms with Crippen LogP contribution in [0.2, 0.25) is 0 Å². The summed E-state index contributed by atoms with van der Waals surface area (Å²) in [5.74, 6) is 0.342. The van der Waals surface area contributed by atoms with Crippen LogP contribution >= 0.6 is 11.3 Å². The topological polar surface area (TPSA) is 66.1 Å². The van der Waals surface area contributed by atoms with E-state index in [0.717, 1.165) is 38.6 Å². The van der Waals surface area contributed by atoms with Crippen molar-refractivity contribution in [2.75, 3.05) is 6.54 Å². The Morgan fingerprint density at radius 1 is 1.48 bits per heavy atom. The van der Waals surface area contributed by atoms with Crippen molar-refractivity contribution in [3.63, 3.8) is 0 Å². The second-order valence-corrected chi connectivity index (χ2v) is 7.01. The van der Waals surface area contributed by atoms with Crippen molar-refractivity contribution in [2.24, 2.45) is 0 Å². The molecule has 1 fully saturated rings. The van der Waals surface area contributed by atoms with Crippen molar-refractivity contribution in [3.8, 4) is 0 Å². The number of carbonyl (C=O) groups excluding carboxylic acids is 1. The zero-order valence-electron chi connectivity index (χ0n) is 13.2. The van der Waals surface area contributed by atoms with Crippen molar-refractivity contribution < 1.29 is 4.79 Å². The van der Waals surface area contributed by atoms with Crippen LogP contribution in [0.5, 0.6) is 0 Å². The number of rotatable bonds is 4. The first kappa shape index (κ1) is 15.9. The van der Waals surface area contributed by atoms with Crippen LogP contribution in [0.25, 0.3) is 0 Å². The first-order valence-corrected chi connectivity index (χ1v) is 8.92. The smallest absolute Gasteiger partial charge is 0.263 e. The summed E-state index contributed by atoms with van der Waals surface area (Å²) in [6.07, 6.45) is 6.48. The van der Waals surface area contributed by atoms with Gasteiger partial charge in [0.25, 0.3) is 11.5 Å². The highest BCUT2D eigenvalue weighted by Gasteiger charge is 2.28. The number of aromatic amines is 1.